The fraction of sp³-hybridized carbons (Fsp3) is 0.435. The average Bonchev–Trinajstić information content (AvgIpc) is 3.07. The molecule has 0 unspecified atom stereocenters. The number of carbonyl (C=O) groups excluding carboxylic acids is 1. The monoisotopic (exact) mass is 427 g/mol. The highest BCUT2D eigenvalue weighted by Crippen LogP contribution is 2.30. The number of pyridine rings is 1. The van der Waals surface area contributed by atoms with Crippen LogP contribution in [0.2, 0.25) is 0 Å². The third-order valence-electron chi connectivity index (χ3n) is 6.04. The van der Waals surface area contributed by atoms with E-state index in [9.17, 15) is 9.18 Å². The zero-order valence-electron chi connectivity index (χ0n) is 18.0. The number of piperidine rings is 1. The summed E-state index contributed by atoms with van der Waals surface area (Å²) in [7, 11) is 1.96. The Balaban J connectivity index is 1.50. The zero-order valence-corrected chi connectivity index (χ0v) is 18.0. The molecule has 1 N–H and O–H groups in total. The van der Waals surface area contributed by atoms with Crippen molar-refractivity contribution in [1.82, 2.24) is 19.4 Å². The minimum Gasteiger partial charge on any atom is -0.331 e. The SMILES string of the molecule is Cc1ncc(-c2ccc3cnc(NC(=O)C4(F)CCN(C[C@H](C)F)CC4)cc3c2)n1C. The number of likely N-dealkylation sites (tertiary alicyclic amines) is 1. The van der Waals surface area contributed by atoms with Crippen LogP contribution in [0.15, 0.2) is 36.7 Å². The van der Waals surface area contributed by atoms with Gasteiger partial charge in [-0.2, -0.15) is 0 Å². The molecule has 3 aromatic rings. The molecule has 1 fully saturated rings. The van der Waals surface area contributed by atoms with Crippen LogP contribution < -0.4 is 5.32 Å². The standard InChI is InChI=1S/C23H27F2N5O/c1-15(24)14-30-8-6-23(25,7-9-30)22(31)28-21-11-19-10-17(4-5-18(19)12-27-21)20-13-26-16(2)29(20)3/h4-5,10-13,15H,6-9,14H2,1-3H3,(H,27,28,31)/t15-/m0/s1. The molecule has 0 spiro atoms. The van der Waals surface area contributed by atoms with Crippen LogP contribution in [0.5, 0.6) is 0 Å². The van der Waals surface area contributed by atoms with Gasteiger partial charge in [-0.05, 0) is 31.4 Å². The molecule has 1 atom stereocenters. The van der Waals surface area contributed by atoms with E-state index in [4.69, 9.17) is 0 Å². The van der Waals surface area contributed by atoms with Gasteiger partial charge in [0.05, 0.1) is 11.9 Å². The first-order valence-corrected chi connectivity index (χ1v) is 10.5. The van der Waals surface area contributed by atoms with Crippen LogP contribution in [-0.2, 0) is 11.8 Å². The predicted molar refractivity (Wildman–Crippen MR) is 117 cm³/mol. The zero-order chi connectivity index (χ0) is 22.2. The number of benzene rings is 1. The Kier molecular flexibility index (Phi) is 5.75. The summed E-state index contributed by atoms with van der Waals surface area (Å²) < 4.78 is 30.4. The Hall–Kier alpha value is -2.87. The van der Waals surface area contributed by atoms with Gasteiger partial charge >= 0.3 is 0 Å². The second-order valence-electron chi connectivity index (χ2n) is 8.38. The number of rotatable bonds is 5. The smallest absolute Gasteiger partial charge is 0.263 e. The van der Waals surface area contributed by atoms with E-state index in [1.54, 1.807) is 12.3 Å². The van der Waals surface area contributed by atoms with Gasteiger partial charge in [-0.1, -0.05) is 12.1 Å². The molecule has 1 aromatic carbocycles. The van der Waals surface area contributed by atoms with Crippen molar-refractivity contribution in [2.75, 3.05) is 25.0 Å². The van der Waals surface area contributed by atoms with Crippen molar-refractivity contribution >= 4 is 22.5 Å². The number of fused-ring (bicyclic) bond motifs is 1. The number of hydrogen-bond acceptors (Lipinski definition) is 4. The number of nitrogens with one attached hydrogen (secondary N) is 1. The number of nitrogens with zero attached hydrogens (tertiary/aromatic N) is 4. The van der Waals surface area contributed by atoms with Crippen molar-refractivity contribution in [2.45, 2.75) is 38.5 Å². The van der Waals surface area contributed by atoms with E-state index in [1.807, 2.05) is 47.8 Å². The number of anilines is 1. The minimum absolute atomic E-state index is 0.0448. The Morgan fingerprint density at radius 1 is 1.19 bits per heavy atom. The quantitative estimate of drug-likeness (QED) is 0.668. The van der Waals surface area contributed by atoms with E-state index >= 15 is 4.39 Å². The molecular formula is C23H27F2N5O. The van der Waals surface area contributed by atoms with Gasteiger partial charge in [-0.3, -0.25) is 4.79 Å². The topological polar surface area (TPSA) is 63.1 Å². The molecule has 8 heteroatoms. The molecule has 31 heavy (non-hydrogen) atoms. The molecule has 1 amide bonds. The van der Waals surface area contributed by atoms with Crippen molar-refractivity contribution in [2.24, 2.45) is 7.05 Å². The maximum absolute atomic E-state index is 15.2. The number of amides is 1. The fourth-order valence-corrected chi connectivity index (χ4v) is 4.04. The molecule has 1 aliphatic rings. The molecule has 0 aliphatic carbocycles. The van der Waals surface area contributed by atoms with Crippen LogP contribution in [-0.4, -0.2) is 56.8 Å². The van der Waals surface area contributed by atoms with E-state index in [2.05, 4.69) is 15.3 Å². The third kappa shape index (κ3) is 4.44. The van der Waals surface area contributed by atoms with Crippen molar-refractivity contribution in [3.05, 3.63) is 42.5 Å². The van der Waals surface area contributed by atoms with Crippen LogP contribution in [0.25, 0.3) is 22.0 Å². The average molecular weight is 427 g/mol. The molecule has 0 saturated carbocycles. The van der Waals surface area contributed by atoms with E-state index < -0.39 is 17.7 Å². The van der Waals surface area contributed by atoms with Gasteiger partial charge in [0.1, 0.15) is 17.8 Å². The summed E-state index contributed by atoms with van der Waals surface area (Å²) in [5.74, 6) is 0.538. The highest BCUT2D eigenvalue weighted by molar-refractivity contribution is 5.98. The first-order valence-electron chi connectivity index (χ1n) is 10.5. The molecule has 2 aromatic heterocycles. The van der Waals surface area contributed by atoms with Crippen LogP contribution in [0.3, 0.4) is 0 Å². The predicted octanol–water partition coefficient (Wildman–Crippen LogP) is 4.04. The van der Waals surface area contributed by atoms with Crippen LogP contribution >= 0.6 is 0 Å². The van der Waals surface area contributed by atoms with E-state index in [0.717, 1.165) is 27.9 Å². The van der Waals surface area contributed by atoms with Gasteiger partial charge in [-0.15, -0.1) is 0 Å². The lowest BCUT2D eigenvalue weighted by molar-refractivity contribution is -0.130. The second kappa shape index (κ2) is 8.34. The minimum atomic E-state index is -1.97. The van der Waals surface area contributed by atoms with Crippen molar-refractivity contribution in [3.63, 3.8) is 0 Å². The molecule has 1 aliphatic heterocycles. The Morgan fingerprint density at radius 3 is 2.58 bits per heavy atom. The van der Waals surface area contributed by atoms with Gasteiger partial charge in [0.2, 0.25) is 0 Å². The number of halogens is 2. The first-order chi connectivity index (χ1) is 14.7. The summed E-state index contributed by atoms with van der Waals surface area (Å²) in [5, 5.41) is 4.45. The maximum atomic E-state index is 15.2. The summed E-state index contributed by atoms with van der Waals surface area (Å²) in [4.78, 5) is 23.1. The first kappa shape index (κ1) is 21.4. The Labute approximate surface area is 180 Å². The van der Waals surface area contributed by atoms with Gasteiger partial charge < -0.3 is 14.8 Å². The molecule has 0 bridgehead atoms. The van der Waals surface area contributed by atoms with E-state index in [0.29, 0.717) is 18.9 Å². The molecule has 4 rings (SSSR count). The molecule has 3 heterocycles. The molecule has 6 nitrogen and oxygen atoms in total. The van der Waals surface area contributed by atoms with Gasteiger partial charge in [-0.25, -0.2) is 18.7 Å². The van der Waals surface area contributed by atoms with Crippen molar-refractivity contribution in [1.29, 1.82) is 0 Å². The lowest BCUT2D eigenvalue weighted by atomic mass is 9.92. The van der Waals surface area contributed by atoms with E-state index in [1.165, 1.54) is 6.92 Å². The van der Waals surface area contributed by atoms with Crippen LogP contribution in [0.4, 0.5) is 14.6 Å². The van der Waals surface area contributed by atoms with Crippen LogP contribution in [0.1, 0.15) is 25.6 Å². The van der Waals surface area contributed by atoms with Crippen LogP contribution in [0, 0.1) is 6.92 Å². The largest absolute Gasteiger partial charge is 0.331 e. The number of hydrogen-bond donors (Lipinski definition) is 1. The molecule has 0 radical (unpaired) electrons. The second-order valence-corrected chi connectivity index (χ2v) is 8.38. The van der Waals surface area contributed by atoms with Crippen molar-refractivity contribution in [3.8, 4) is 11.3 Å². The van der Waals surface area contributed by atoms with Crippen molar-refractivity contribution < 1.29 is 13.6 Å². The number of alkyl halides is 2. The normalized spacial score (nSPS) is 17.6. The Morgan fingerprint density at radius 2 is 1.94 bits per heavy atom. The number of aromatic nitrogens is 3. The van der Waals surface area contributed by atoms with E-state index in [-0.39, 0.29) is 19.4 Å². The number of imidazole rings is 1. The van der Waals surface area contributed by atoms with Gasteiger partial charge in [0.15, 0.2) is 5.67 Å². The maximum Gasteiger partial charge on any atom is 0.263 e. The lowest BCUT2D eigenvalue weighted by Gasteiger charge is -2.35. The lowest BCUT2D eigenvalue weighted by Crippen LogP contribution is -2.49. The fourth-order valence-electron chi connectivity index (χ4n) is 4.04. The highest BCUT2D eigenvalue weighted by Gasteiger charge is 2.42. The summed E-state index contributed by atoms with van der Waals surface area (Å²) in [6, 6.07) is 7.72. The third-order valence-corrected chi connectivity index (χ3v) is 6.04. The molecule has 164 valence electrons. The number of aryl methyl sites for hydroxylation is 1. The van der Waals surface area contributed by atoms with Gasteiger partial charge in [0, 0.05) is 56.7 Å². The highest BCUT2D eigenvalue weighted by atomic mass is 19.1. The summed E-state index contributed by atoms with van der Waals surface area (Å²) >= 11 is 0. The number of carbonyl (C=O) groups is 1. The molecule has 1 saturated heterocycles. The van der Waals surface area contributed by atoms with Gasteiger partial charge in [0.25, 0.3) is 5.91 Å². The Bertz CT molecular complexity index is 1100. The summed E-state index contributed by atoms with van der Waals surface area (Å²) in [6.07, 6.45) is 2.61. The summed E-state index contributed by atoms with van der Waals surface area (Å²) in [6.45, 7) is 4.41. The summed E-state index contributed by atoms with van der Waals surface area (Å²) in [5.41, 5.74) is 0.00944. The molecular weight excluding hydrogens is 400 g/mol.